The summed E-state index contributed by atoms with van der Waals surface area (Å²) in [4.78, 5) is 6.52. The van der Waals surface area contributed by atoms with E-state index in [9.17, 15) is 13.2 Å². The van der Waals surface area contributed by atoms with Crippen LogP contribution < -0.4 is 0 Å². The standard InChI is InChI=1S/C18H31F3N2O3S/c1-5-7-9-24-14-12(11-18(19,20)21)26-16-13(15(14)25-10-8-6-2)22-17(27-16)23(3)4/h12-16H,5-11H2,1-4H3/t12-,13-,14-,15-,16-/m1/s1. The number of alkyl halides is 3. The molecule has 0 radical (unpaired) electrons. The number of nitrogens with zero attached hydrogens (tertiary/aromatic N) is 2. The Morgan fingerprint density at radius 3 is 2.19 bits per heavy atom. The highest BCUT2D eigenvalue weighted by Gasteiger charge is 2.53. The van der Waals surface area contributed by atoms with Crippen LogP contribution in [0.1, 0.15) is 46.0 Å². The van der Waals surface area contributed by atoms with Gasteiger partial charge in [-0.15, -0.1) is 0 Å². The van der Waals surface area contributed by atoms with Crippen LogP contribution in [0.15, 0.2) is 4.99 Å². The highest BCUT2D eigenvalue weighted by atomic mass is 32.2. The molecule has 0 aromatic carbocycles. The topological polar surface area (TPSA) is 43.3 Å². The number of ether oxygens (including phenoxy) is 3. The summed E-state index contributed by atoms with van der Waals surface area (Å²) in [5.41, 5.74) is -0.479. The first-order valence-electron chi connectivity index (χ1n) is 9.64. The van der Waals surface area contributed by atoms with Crippen LogP contribution in [0.25, 0.3) is 0 Å². The third-order valence-electron chi connectivity index (χ3n) is 4.53. The molecule has 0 aromatic heterocycles. The quantitative estimate of drug-likeness (QED) is 0.534. The molecule has 2 rings (SSSR count). The molecule has 2 aliphatic rings. The maximum atomic E-state index is 13.2. The van der Waals surface area contributed by atoms with Crippen LogP contribution in [0.5, 0.6) is 0 Å². The number of halogens is 3. The number of unbranched alkanes of at least 4 members (excludes halogenated alkanes) is 2. The molecule has 1 fully saturated rings. The highest BCUT2D eigenvalue weighted by Crippen LogP contribution is 2.41. The summed E-state index contributed by atoms with van der Waals surface area (Å²) in [6.45, 7) is 4.93. The van der Waals surface area contributed by atoms with Gasteiger partial charge in [-0.05, 0) is 12.8 Å². The lowest BCUT2D eigenvalue weighted by molar-refractivity contribution is -0.228. The lowest BCUT2D eigenvalue weighted by atomic mass is 9.95. The molecule has 0 unspecified atom stereocenters. The zero-order valence-corrected chi connectivity index (χ0v) is 17.3. The second-order valence-corrected chi connectivity index (χ2v) is 8.22. The van der Waals surface area contributed by atoms with Gasteiger partial charge in [0.2, 0.25) is 0 Å². The fraction of sp³-hybridized carbons (Fsp3) is 0.944. The van der Waals surface area contributed by atoms with Crippen molar-refractivity contribution in [1.29, 1.82) is 0 Å². The molecule has 2 heterocycles. The molecule has 0 bridgehead atoms. The molecular weight excluding hydrogens is 381 g/mol. The summed E-state index contributed by atoms with van der Waals surface area (Å²) in [6, 6.07) is -0.361. The van der Waals surface area contributed by atoms with E-state index in [-0.39, 0.29) is 6.04 Å². The third-order valence-corrected chi connectivity index (χ3v) is 5.83. The Hall–Kier alpha value is -0.510. The van der Waals surface area contributed by atoms with Gasteiger partial charge in [-0.3, -0.25) is 4.99 Å². The Morgan fingerprint density at radius 2 is 1.67 bits per heavy atom. The monoisotopic (exact) mass is 412 g/mol. The van der Waals surface area contributed by atoms with Gasteiger partial charge < -0.3 is 19.1 Å². The minimum atomic E-state index is -4.33. The Bertz CT molecular complexity index is 491. The number of hydrogen-bond donors (Lipinski definition) is 0. The highest BCUT2D eigenvalue weighted by molar-refractivity contribution is 8.14. The smallest absolute Gasteiger partial charge is 0.373 e. The average molecular weight is 413 g/mol. The molecule has 0 aliphatic carbocycles. The number of aliphatic imine (C=N–C) groups is 1. The minimum Gasteiger partial charge on any atom is -0.373 e. The first-order chi connectivity index (χ1) is 12.8. The van der Waals surface area contributed by atoms with Gasteiger partial charge in [-0.1, -0.05) is 38.5 Å². The van der Waals surface area contributed by atoms with Crippen molar-refractivity contribution in [2.75, 3.05) is 27.3 Å². The Morgan fingerprint density at radius 1 is 1.07 bits per heavy atom. The number of hydrogen-bond acceptors (Lipinski definition) is 6. The van der Waals surface area contributed by atoms with Crippen LogP contribution in [-0.2, 0) is 14.2 Å². The second-order valence-electron chi connectivity index (χ2n) is 7.15. The fourth-order valence-corrected chi connectivity index (χ4v) is 4.28. The first kappa shape index (κ1) is 22.8. The third kappa shape index (κ3) is 6.51. The van der Waals surface area contributed by atoms with Crippen molar-refractivity contribution in [2.24, 2.45) is 4.99 Å². The maximum absolute atomic E-state index is 13.2. The number of rotatable bonds is 9. The lowest BCUT2D eigenvalue weighted by Crippen LogP contribution is -2.57. The molecule has 0 N–H and O–H groups in total. The molecule has 1 saturated heterocycles. The molecule has 2 aliphatic heterocycles. The van der Waals surface area contributed by atoms with E-state index in [4.69, 9.17) is 14.2 Å². The van der Waals surface area contributed by atoms with E-state index in [1.54, 1.807) is 0 Å². The van der Waals surface area contributed by atoms with Crippen molar-refractivity contribution in [2.45, 2.75) is 81.9 Å². The molecule has 0 saturated carbocycles. The van der Waals surface area contributed by atoms with Crippen LogP contribution in [0, 0.1) is 0 Å². The van der Waals surface area contributed by atoms with Gasteiger partial charge in [-0.2, -0.15) is 13.2 Å². The van der Waals surface area contributed by atoms with Crippen molar-refractivity contribution in [3.05, 3.63) is 0 Å². The van der Waals surface area contributed by atoms with Crippen LogP contribution >= 0.6 is 11.8 Å². The van der Waals surface area contributed by atoms with Crippen molar-refractivity contribution in [3.8, 4) is 0 Å². The Kier molecular flexibility index (Phi) is 8.70. The SMILES string of the molecule is CCCCO[C@@H]1[C@H]2N=C(N(C)C)S[C@H]2O[C@H](CC(F)(F)F)[C@H]1OCCCC. The summed E-state index contributed by atoms with van der Waals surface area (Å²) in [7, 11) is 3.72. The molecule has 27 heavy (non-hydrogen) atoms. The fourth-order valence-electron chi connectivity index (χ4n) is 3.12. The Labute approximate surface area is 164 Å². The molecular formula is C18H31F3N2O3S. The van der Waals surface area contributed by atoms with Crippen LogP contribution in [0.3, 0.4) is 0 Å². The second kappa shape index (κ2) is 10.3. The normalized spacial score (nSPS) is 30.9. The van der Waals surface area contributed by atoms with E-state index in [0.29, 0.717) is 13.2 Å². The molecule has 5 atom stereocenters. The summed E-state index contributed by atoms with van der Waals surface area (Å²) >= 11 is 1.36. The van der Waals surface area contributed by atoms with Gasteiger partial charge in [0.15, 0.2) is 5.17 Å². The van der Waals surface area contributed by atoms with E-state index in [0.717, 1.165) is 30.9 Å². The van der Waals surface area contributed by atoms with Crippen molar-refractivity contribution in [3.63, 3.8) is 0 Å². The summed E-state index contributed by atoms with van der Waals surface area (Å²) < 4.78 is 57.3. The minimum absolute atomic E-state index is 0.361. The molecule has 5 nitrogen and oxygen atoms in total. The molecule has 0 spiro atoms. The maximum Gasteiger partial charge on any atom is 0.391 e. The van der Waals surface area contributed by atoms with Gasteiger partial charge in [0, 0.05) is 27.3 Å². The van der Waals surface area contributed by atoms with E-state index in [1.165, 1.54) is 11.8 Å². The van der Waals surface area contributed by atoms with E-state index in [1.807, 2.05) is 32.8 Å². The van der Waals surface area contributed by atoms with Crippen molar-refractivity contribution >= 4 is 16.9 Å². The van der Waals surface area contributed by atoms with Crippen molar-refractivity contribution < 1.29 is 27.4 Å². The summed E-state index contributed by atoms with van der Waals surface area (Å²) in [5.74, 6) is 0. The number of thioether (sulfide) groups is 1. The summed E-state index contributed by atoms with van der Waals surface area (Å²) in [6.07, 6.45) is -4.28. The van der Waals surface area contributed by atoms with Gasteiger partial charge >= 0.3 is 6.18 Å². The number of amidine groups is 1. The van der Waals surface area contributed by atoms with Crippen molar-refractivity contribution in [1.82, 2.24) is 4.90 Å². The van der Waals surface area contributed by atoms with Crippen LogP contribution in [-0.4, -0.2) is 73.3 Å². The summed E-state index contributed by atoms with van der Waals surface area (Å²) in [5, 5.41) is 0.744. The zero-order chi connectivity index (χ0) is 20.0. The van der Waals surface area contributed by atoms with E-state index < -0.39 is 36.3 Å². The predicted molar refractivity (Wildman–Crippen MR) is 101 cm³/mol. The molecule has 158 valence electrons. The molecule has 9 heteroatoms. The van der Waals surface area contributed by atoms with Gasteiger partial charge in [0.25, 0.3) is 0 Å². The van der Waals surface area contributed by atoms with Crippen LogP contribution in [0.2, 0.25) is 0 Å². The molecule has 0 aromatic rings. The van der Waals surface area contributed by atoms with E-state index in [2.05, 4.69) is 4.99 Å². The van der Waals surface area contributed by atoms with Gasteiger partial charge in [0.1, 0.15) is 23.7 Å². The number of fused-ring (bicyclic) bond motifs is 1. The van der Waals surface area contributed by atoms with Gasteiger partial charge in [-0.25, -0.2) is 0 Å². The first-order valence-corrected chi connectivity index (χ1v) is 10.5. The van der Waals surface area contributed by atoms with Crippen LogP contribution in [0.4, 0.5) is 13.2 Å². The largest absolute Gasteiger partial charge is 0.391 e. The zero-order valence-electron chi connectivity index (χ0n) is 16.5. The Balaban J connectivity index is 2.23. The van der Waals surface area contributed by atoms with Gasteiger partial charge in [0.05, 0.1) is 12.5 Å². The lowest BCUT2D eigenvalue weighted by Gasteiger charge is -2.43. The average Bonchev–Trinajstić information content (AvgIpc) is 2.99. The molecule has 0 amide bonds. The van der Waals surface area contributed by atoms with E-state index >= 15 is 0 Å². The predicted octanol–water partition coefficient (Wildman–Crippen LogP) is 4.07.